The van der Waals surface area contributed by atoms with Crippen molar-refractivity contribution >= 4 is 44.2 Å². The van der Waals surface area contributed by atoms with Crippen LogP contribution >= 0.6 is 22.9 Å². The Hall–Kier alpha value is -1.17. The zero-order chi connectivity index (χ0) is 15.6. The summed E-state index contributed by atoms with van der Waals surface area (Å²) in [5.74, 6) is 0.0246. The third-order valence-corrected chi connectivity index (χ3v) is 4.48. The van der Waals surface area contributed by atoms with Crippen molar-refractivity contribution in [2.75, 3.05) is 32.1 Å². The quantitative estimate of drug-likeness (QED) is 0.843. The van der Waals surface area contributed by atoms with E-state index < -0.39 is 0 Å². The summed E-state index contributed by atoms with van der Waals surface area (Å²) < 4.78 is 1.02. The second-order valence-electron chi connectivity index (χ2n) is 5.39. The normalized spacial score (nSPS) is 11.3. The van der Waals surface area contributed by atoms with Gasteiger partial charge in [0, 0.05) is 18.5 Å². The Morgan fingerprint density at radius 1 is 1.33 bits per heavy atom. The Labute approximate surface area is 134 Å². The molecule has 0 aliphatic rings. The molecular weight excluding hydrogens is 306 g/mol. The van der Waals surface area contributed by atoms with Gasteiger partial charge in [0.15, 0.2) is 5.13 Å². The molecule has 2 aromatic rings. The Morgan fingerprint density at radius 3 is 2.67 bits per heavy atom. The third kappa shape index (κ3) is 3.93. The molecule has 1 heterocycles. The van der Waals surface area contributed by atoms with Crippen LogP contribution in [0.25, 0.3) is 10.2 Å². The average molecular weight is 326 g/mol. The lowest BCUT2D eigenvalue weighted by molar-refractivity contribution is -0.116. The maximum atomic E-state index is 11.9. The standard InChI is InChI=1S/C15H20ClN3OS/c1-10-8-12(16)9-13-14(10)17-15(21-13)19(11(2)20)7-5-6-18(3)4/h8-9H,5-7H2,1-4H3. The maximum absolute atomic E-state index is 11.9. The van der Waals surface area contributed by atoms with Crippen molar-refractivity contribution < 1.29 is 4.79 Å². The number of carbonyl (C=O) groups excluding carboxylic acids is 1. The van der Waals surface area contributed by atoms with E-state index in [4.69, 9.17) is 11.6 Å². The highest BCUT2D eigenvalue weighted by Crippen LogP contribution is 2.33. The minimum atomic E-state index is 0.0246. The van der Waals surface area contributed by atoms with Crippen molar-refractivity contribution in [1.82, 2.24) is 9.88 Å². The number of halogens is 1. The molecule has 1 aromatic heterocycles. The van der Waals surface area contributed by atoms with Gasteiger partial charge in [0.05, 0.1) is 10.2 Å². The zero-order valence-corrected chi connectivity index (χ0v) is 14.4. The molecule has 21 heavy (non-hydrogen) atoms. The van der Waals surface area contributed by atoms with Crippen LogP contribution < -0.4 is 4.90 Å². The monoisotopic (exact) mass is 325 g/mol. The van der Waals surface area contributed by atoms with E-state index in [1.54, 1.807) is 11.8 Å². The Morgan fingerprint density at radius 2 is 2.05 bits per heavy atom. The summed E-state index contributed by atoms with van der Waals surface area (Å²) in [5.41, 5.74) is 1.97. The molecule has 4 nitrogen and oxygen atoms in total. The zero-order valence-electron chi connectivity index (χ0n) is 12.8. The first-order valence-corrected chi connectivity index (χ1v) is 8.07. The van der Waals surface area contributed by atoms with Crippen LogP contribution in [0.2, 0.25) is 5.02 Å². The van der Waals surface area contributed by atoms with Gasteiger partial charge < -0.3 is 4.90 Å². The van der Waals surface area contributed by atoms with Crippen molar-refractivity contribution in [2.24, 2.45) is 0 Å². The van der Waals surface area contributed by atoms with Crippen molar-refractivity contribution in [3.63, 3.8) is 0 Å². The number of carbonyl (C=O) groups is 1. The largest absolute Gasteiger partial charge is 0.309 e. The summed E-state index contributed by atoms with van der Waals surface area (Å²) in [4.78, 5) is 20.4. The number of thiazole rings is 1. The van der Waals surface area contributed by atoms with Crippen LogP contribution in [-0.2, 0) is 4.79 Å². The molecule has 0 unspecified atom stereocenters. The first-order valence-electron chi connectivity index (χ1n) is 6.88. The number of aromatic nitrogens is 1. The number of nitrogens with zero attached hydrogens (tertiary/aromatic N) is 3. The van der Waals surface area contributed by atoms with Gasteiger partial charge in [-0.1, -0.05) is 22.9 Å². The predicted molar refractivity (Wildman–Crippen MR) is 90.6 cm³/mol. The summed E-state index contributed by atoms with van der Waals surface area (Å²) in [6.45, 7) is 5.20. The molecule has 0 aliphatic heterocycles. The first kappa shape index (κ1) is 16.2. The van der Waals surface area contributed by atoms with Gasteiger partial charge in [-0.3, -0.25) is 9.69 Å². The Balaban J connectivity index is 2.28. The van der Waals surface area contributed by atoms with Crippen LogP contribution in [0.1, 0.15) is 18.9 Å². The van der Waals surface area contributed by atoms with E-state index in [-0.39, 0.29) is 5.91 Å². The van der Waals surface area contributed by atoms with Crippen LogP contribution in [0.5, 0.6) is 0 Å². The SMILES string of the molecule is CC(=O)N(CCCN(C)C)c1nc2c(C)cc(Cl)cc2s1. The molecular formula is C15H20ClN3OS. The lowest BCUT2D eigenvalue weighted by atomic mass is 10.2. The van der Waals surface area contributed by atoms with Crippen LogP contribution in [0, 0.1) is 6.92 Å². The van der Waals surface area contributed by atoms with E-state index in [9.17, 15) is 4.79 Å². The minimum absolute atomic E-state index is 0.0246. The van der Waals surface area contributed by atoms with Gasteiger partial charge in [0.25, 0.3) is 0 Å². The molecule has 0 radical (unpaired) electrons. The molecule has 1 aromatic carbocycles. The summed E-state index contributed by atoms with van der Waals surface area (Å²) in [6.07, 6.45) is 0.919. The lowest BCUT2D eigenvalue weighted by Gasteiger charge is -2.19. The van der Waals surface area contributed by atoms with Crippen molar-refractivity contribution in [3.8, 4) is 0 Å². The fourth-order valence-corrected chi connectivity index (χ4v) is 3.68. The topological polar surface area (TPSA) is 36.4 Å². The predicted octanol–water partition coefficient (Wildman–Crippen LogP) is 3.56. The number of aryl methyl sites for hydroxylation is 1. The van der Waals surface area contributed by atoms with Gasteiger partial charge >= 0.3 is 0 Å². The molecule has 6 heteroatoms. The van der Waals surface area contributed by atoms with Crippen LogP contribution in [0.3, 0.4) is 0 Å². The van der Waals surface area contributed by atoms with Crippen molar-refractivity contribution in [1.29, 1.82) is 0 Å². The minimum Gasteiger partial charge on any atom is -0.309 e. The molecule has 1 amide bonds. The van der Waals surface area contributed by atoms with Crippen LogP contribution in [0.15, 0.2) is 12.1 Å². The number of benzene rings is 1. The van der Waals surface area contributed by atoms with E-state index in [0.29, 0.717) is 11.6 Å². The molecule has 0 N–H and O–H groups in total. The van der Waals surface area contributed by atoms with Gasteiger partial charge in [-0.05, 0) is 51.7 Å². The van der Waals surface area contributed by atoms with Crippen LogP contribution in [-0.4, -0.2) is 43.0 Å². The maximum Gasteiger partial charge on any atom is 0.225 e. The Kier molecular flexibility index (Phi) is 5.19. The lowest BCUT2D eigenvalue weighted by Crippen LogP contribution is -2.31. The number of hydrogen-bond donors (Lipinski definition) is 0. The van der Waals surface area contributed by atoms with Gasteiger partial charge in [-0.25, -0.2) is 4.98 Å². The van der Waals surface area contributed by atoms with Gasteiger partial charge in [0.2, 0.25) is 5.91 Å². The molecule has 0 saturated heterocycles. The summed E-state index contributed by atoms with van der Waals surface area (Å²) in [5, 5.41) is 1.46. The van der Waals surface area contributed by atoms with E-state index in [2.05, 4.69) is 9.88 Å². The molecule has 0 bridgehead atoms. The second-order valence-corrected chi connectivity index (χ2v) is 6.84. The van der Waals surface area contributed by atoms with E-state index >= 15 is 0 Å². The second kappa shape index (κ2) is 6.73. The fourth-order valence-electron chi connectivity index (χ4n) is 2.19. The van der Waals surface area contributed by atoms with Crippen LogP contribution in [0.4, 0.5) is 5.13 Å². The molecule has 0 aliphatic carbocycles. The highest BCUT2D eigenvalue weighted by Gasteiger charge is 2.17. The number of rotatable bonds is 5. The Bertz CT molecular complexity index is 654. The van der Waals surface area contributed by atoms with E-state index in [0.717, 1.165) is 33.9 Å². The van der Waals surface area contributed by atoms with Gasteiger partial charge in [-0.15, -0.1) is 0 Å². The molecule has 0 atom stereocenters. The molecule has 114 valence electrons. The van der Waals surface area contributed by atoms with E-state index in [1.807, 2.05) is 33.2 Å². The number of amides is 1. The number of anilines is 1. The number of fused-ring (bicyclic) bond motifs is 1. The first-order chi connectivity index (χ1) is 9.88. The van der Waals surface area contributed by atoms with Crippen molar-refractivity contribution in [2.45, 2.75) is 20.3 Å². The average Bonchev–Trinajstić information content (AvgIpc) is 2.77. The molecule has 0 fully saturated rings. The summed E-state index contributed by atoms with van der Waals surface area (Å²) >= 11 is 7.60. The van der Waals surface area contributed by atoms with Crippen molar-refractivity contribution in [3.05, 3.63) is 22.7 Å². The third-order valence-electron chi connectivity index (χ3n) is 3.24. The fraction of sp³-hybridized carbons (Fsp3) is 0.467. The smallest absolute Gasteiger partial charge is 0.225 e. The number of hydrogen-bond acceptors (Lipinski definition) is 4. The molecule has 0 spiro atoms. The highest BCUT2D eigenvalue weighted by molar-refractivity contribution is 7.22. The molecule has 0 saturated carbocycles. The van der Waals surface area contributed by atoms with Gasteiger partial charge in [-0.2, -0.15) is 0 Å². The molecule has 2 rings (SSSR count). The van der Waals surface area contributed by atoms with E-state index in [1.165, 1.54) is 11.3 Å². The summed E-state index contributed by atoms with van der Waals surface area (Å²) in [7, 11) is 4.06. The van der Waals surface area contributed by atoms with Gasteiger partial charge in [0.1, 0.15) is 0 Å². The highest BCUT2D eigenvalue weighted by atomic mass is 35.5. The summed E-state index contributed by atoms with van der Waals surface area (Å²) in [6, 6.07) is 3.81.